The van der Waals surface area contributed by atoms with E-state index in [1.165, 1.54) is 0 Å². The first kappa shape index (κ1) is 27.4. The summed E-state index contributed by atoms with van der Waals surface area (Å²) < 4.78 is 0. The SMILES string of the molecule is CC.CC.Cc1nc2ccccc2c(C(=O)NC(C)(C)C)c1CN1CCN(C(=N)N)CC1. The van der Waals surface area contributed by atoms with E-state index in [1.807, 2.05) is 84.6 Å². The number of aromatic nitrogens is 1. The van der Waals surface area contributed by atoms with Gasteiger partial charge in [0.25, 0.3) is 5.91 Å². The molecule has 2 heterocycles. The average Bonchev–Trinajstić information content (AvgIpc) is 2.76. The van der Waals surface area contributed by atoms with Crippen molar-refractivity contribution in [1.82, 2.24) is 20.1 Å². The lowest BCUT2D eigenvalue weighted by Gasteiger charge is -2.35. The number of fused-ring (bicyclic) bond motifs is 1. The van der Waals surface area contributed by atoms with Crippen molar-refractivity contribution in [1.29, 1.82) is 5.41 Å². The Kier molecular flexibility index (Phi) is 10.6. The Labute approximate surface area is 193 Å². The van der Waals surface area contributed by atoms with Gasteiger partial charge in [0.1, 0.15) is 0 Å². The molecule has 7 nitrogen and oxygen atoms in total. The zero-order chi connectivity index (χ0) is 24.5. The van der Waals surface area contributed by atoms with Gasteiger partial charge in [0.2, 0.25) is 0 Å². The van der Waals surface area contributed by atoms with Crippen molar-refractivity contribution in [3.05, 3.63) is 41.1 Å². The van der Waals surface area contributed by atoms with Crippen molar-refractivity contribution >= 4 is 22.8 Å². The van der Waals surface area contributed by atoms with Gasteiger partial charge in [0, 0.05) is 54.9 Å². The van der Waals surface area contributed by atoms with Gasteiger partial charge in [0.05, 0.1) is 11.1 Å². The topological polar surface area (TPSA) is 98.3 Å². The number of aryl methyl sites for hydroxylation is 1. The van der Waals surface area contributed by atoms with Crippen molar-refractivity contribution in [3.63, 3.8) is 0 Å². The summed E-state index contributed by atoms with van der Waals surface area (Å²) in [6.07, 6.45) is 0. The van der Waals surface area contributed by atoms with Gasteiger partial charge in [-0.3, -0.25) is 20.1 Å². The molecule has 1 aromatic carbocycles. The first-order valence-electron chi connectivity index (χ1n) is 11.7. The van der Waals surface area contributed by atoms with Gasteiger partial charge < -0.3 is 16.0 Å². The lowest BCUT2D eigenvalue weighted by Crippen LogP contribution is -2.50. The molecule has 1 aliphatic rings. The van der Waals surface area contributed by atoms with Crippen molar-refractivity contribution < 1.29 is 4.79 Å². The van der Waals surface area contributed by atoms with Crippen LogP contribution in [0.25, 0.3) is 10.9 Å². The van der Waals surface area contributed by atoms with E-state index in [0.717, 1.165) is 48.3 Å². The first-order chi connectivity index (χ1) is 15.2. The highest BCUT2D eigenvalue weighted by Gasteiger charge is 2.25. The molecule has 4 N–H and O–H groups in total. The number of rotatable bonds is 3. The van der Waals surface area contributed by atoms with Gasteiger partial charge >= 0.3 is 0 Å². The molecule has 0 radical (unpaired) electrons. The predicted molar refractivity (Wildman–Crippen MR) is 135 cm³/mol. The molecule has 1 aliphatic heterocycles. The fourth-order valence-electron chi connectivity index (χ4n) is 3.60. The van der Waals surface area contributed by atoms with E-state index in [9.17, 15) is 4.79 Å². The van der Waals surface area contributed by atoms with E-state index in [1.54, 1.807) is 0 Å². The lowest BCUT2D eigenvalue weighted by atomic mass is 9.97. The molecule has 7 heteroatoms. The summed E-state index contributed by atoms with van der Waals surface area (Å²) >= 11 is 0. The van der Waals surface area contributed by atoms with E-state index >= 15 is 0 Å². The van der Waals surface area contributed by atoms with Gasteiger partial charge in [-0.25, -0.2) is 0 Å². The van der Waals surface area contributed by atoms with Crippen LogP contribution in [0.5, 0.6) is 0 Å². The molecule has 1 saturated heterocycles. The molecule has 0 bridgehead atoms. The molecule has 1 aromatic heterocycles. The number of guanidine groups is 1. The summed E-state index contributed by atoms with van der Waals surface area (Å²) in [4.78, 5) is 22.1. The third kappa shape index (κ3) is 7.19. The van der Waals surface area contributed by atoms with Crippen molar-refractivity contribution in [2.24, 2.45) is 5.73 Å². The molecule has 0 aliphatic carbocycles. The number of carbonyl (C=O) groups is 1. The third-order valence-corrected chi connectivity index (χ3v) is 5.01. The molecule has 0 atom stereocenters. The Hall–Kier alpha value is -2.67. The number of benzene rings is 1. The molecule has 0 spiro atoms. The second-order valence-corrected chi connectivity index (χ2v) is 8.42. The first-order valence-corrected chi connectivity index (χ1v) is 11.7. The number of para-hydroxylation sites is 1. The van der Waals surface area contributed by atoms with Gasteiger partial charge in [-0.15, -0.1) is 0 Å². The van der Waals surface area contributed by atoms with Gasteiger partial charge in [-0.2, -0.15) is 0 Å². The molecule has 0 unspecified atom stereocenters. The van der Waals surface area contributed by atoms with Crippen molar-refractivity contribution in [2.75, 3.05) is 26.2 Å². The van der Waals surface area contributed by atoms with E-state index in [4.69, 9.17) is 16.1 Å². The van der Waals surface area contributed by atoms with Crippen LogP contribution in [0.1, 0.15) is 70.1 Å². The molecule has 178 valence electrons. The Morgan fingerprint density at radius 1 is 1.09 bits per heavy atom. The maximum atomic E-state index is 13.2. The number of hydrogen-bond acceptors (Lipinski definition) is 4. The van der Waals surface area contributed by atoms with Gasteiger partial charge in [-0.1, -0.05) is 45.9 Å². The number of amides is 1. The monoisotopic (exact) mass is 442 g/mol. The smallest absolute Gasteiger partial charge is 0.252 e. The molecular formula is C25H42N6O. The number of nitrogens with zero attached hydrogens (tertiary/aromatic N) is 3. The van der Waals surface area contributed by atoms with Crippen molar-refractivity contribution in [3.8, 4) is 0 Å². The molecular weight excluding hydrogens is 400 g/mol. The zero-order valence-electron chi connectivity index (χ0n) is 21.2. The minimum absolute atomic E-state index is 0.0634. The molecule has 3 rings (SSSR count). The van der Waals surface area contributed by atoms with E-state index in [-0.39, 0.29) is 17.4 Å². The lowest BCUT2D eigenvalue weighted by molar-refractivity contribution is 0.0918. The molecule has 1 amide bonds. The van der Waals surface area contributed by atoms with Crippen LogP contribution in [0.2, 0.25) is 0 Å². The Balaban J connectivity index is 0.00000121. The Morgan fingerprint density at radius 2 is 1.66 bits per heavy atom. The fourth-order valence-corrected chi connectivity index (χ4v) is 3.60. The molecule has 32 heavy (non-hydrogen) atoms. The van der Waals surface area contributed by atoms with Crippen LogP contribution in [0.15, 0.2) is 24.3 Å². The standard InChI is InChI=1S/C21H30N6O.2C2H6/c1-14-16(13-26-9-11-27(12-10-26)20(22)23)18(19(28)25-21(2,3)4)15-7-5-6-8-17(15)24-14;2*1-2/h5-8H,9-13H2,1-4H3,(H3,22,23)(H,25,28);2*1-2H3. The van der Waals surface area contributed by atoms with E-state index in [2.05, 4.69) is 10.2 Å². The van der Waals surface area contributed by atoms with Crippen molar-refractivity contribution in [2.45, 2.75) is 67.5 Å². The Morgan fingerprint density at radius 3 is 2.19 bits per heavy atom. The minimum atomic E-state index is -0.320. The number of nitrogens with one attached hydrogen (secondary N) is 2. The second-order valence-electron chi connectivity index (χ2n) is 8.42. The highest BCUT2D eigenvalue weighted by Crippen LogP contribution is 2.26. The average molecular weight is 443 g/mol. The van der Waals surface area contributed by atoms with Crippen LogP contribution in [-0.4, -0.2) is 58.4 Å². The maximum absolute atomic E-state index is 13.2. The van der Waals surface area contributed by atoms with Crippen LogP contribution < -0.4 is 11.1 Å². The van der Waals surface area contributed by atoms with Crippen LogP contribution in [0.4, 0.5) is 0 Å². The highest BCUT2D eigenvalue weighted by molar-refractivity contribution is 6.07. The number of piperazine rings is 1. The maximum Gasteiger partial charge on any atom is 0.252 e. The fraction of sp³-hybridized carbons (Fsp3) is 0.560. The number of carbonyl (C=O) groups excluding carboxylic acids is 1. The summed E-state index contributed by atoms with van der Waals surface area (Å²) in [5, 5.41) is 11.6. The Bertz CT molecular complexity index is 895. The summed E-state index contributed by atoms with van der Waals surface area (Å²) in [5.41, 5.74) is 8.68. The summed E-state index contributed by atoms with van der Waals surface area (Å²) in [7, 11) is 0. The number of nitrogens with two attached hydrogens (primary N) is 1. The zero-order valence-corrected chi connectivity index (χ0v) is 21.2. The van der Waals surface area contributed by atoms with Gasteiger partial charge in [-0.05, 0) is 33.8 Å². The summed E-state index contributed by atoms with van der Waals surface area (Å²) in [5.74, 6) is 0.0556. The minimum Gasteiger partial charge on any atom is -0.370 e. The highest BCUT2D eigenvalue weighted by atomic mass is 16.1. The molecule has 0 saturated carbocycles. The number of pyridine rings is 1. The third-order valence-electron chi connectivity index (χ3n) is 5.01. The van der Waals surface area contributed by atoms with Crippen LogP contribution in [0.3, 0.4) is 0 Å². The predicted octanol–water partition coefficient (Wildman–Crippen LogP) is 4.13. The van der Waals surface area contributed by atoms with E-state index < -0.39 is 0 Å². The van der Waals surface area contributed by atoms with Crippen LogP contribution in [-0.2, 0) is 6.54 Å². The normalized spacial score (nSPS) is 14.1. The largest absolute Gasteiger partial charge is 0.370 e. The number of hydrogen-bond donors (Lipinski definition) is 3. The second kappa shape index (κ2) is 12.4. The molecule has 1 fully saturated rings. The summed E-state index contributed by atoms with van der Waals surface area (Å²) in [6, 6.07) is 7.81. The van der Waals surface area contributed by atoms with Crippen LogP contribution >= 0.6 is 0 Å². The van der Waals surface area contributed by atoms with E-state index in [0.29, 0.717) is 12.1 Å². The summed E-state index contributed by atoms with van der Waals surface area (Å²) in [6.45, 7) is 19.6. The van der Waals surface area contributed by atoms with Crippen LogP contribution in [0, 0.1) is 12.3 Å². The molecule has 2 aromatic rings. The quantitative estimate of drug-likeness (QED) is 0.490. The van der Waals surface area contributed by atoms with Gasteiger partial charge in [0.15, 0.2) is 5.96 Å².